The van der Waals surface area contributed by atoms with Gasteiger partial charge in [-0.05, 0) is 55.8 Å². The molecule has 0 aliphatic carbocycles. The minimum atomic E-state index is -0.914. The van der Waals surface area contributed by atoms with Gasteiger partial charge in [-0.2, -0.15) is 0 Å². The molecule has 0 aliphatic rings. The lowest BCUT2D eigenvalue weighted by atomic mass is 10.1. The van der Waals surface area contributed by atoms with Gasteiger partial charge in [0.15, 0.2) is 6.10 Å². The first-order valence-corrected chi connectivity index (χ1v) is 10.1. The van der Waals surface area contributed by atoms with Gasteiger partial charge in [-0.1, -0.05) is 18.2 Å². The summed E-state index contributed by atoms with van der Waals surface area (Å²) >= 11 is 0. The van der Waals surface area contributed by atoms with E-state index < -0.39 is 6.10 Å². The first-order valence-electron chi connectivity index (χ1n) is 10.1. The number of aryl methyl sites for hydroxylation is 1. The van der Waals surface area contributed by atoms with Crippen molar-refractivity contribution in [3.63, 3.8) is 0 Å². The number of hydrogen-bond acceptors (Lipinski definition) is 6. The number of aliphatic hydroxyl groups is 1. The largest absolute Gasteiger partial charge is 0.493 e. The summed E-state index contributed by atoms with van der Waals surface area (Å²) in [6.45, 7) is 4.16. The first kappa shape index (κ1) is 20.1. The molecule has 3 aromatic heterocycles. The number of furan rings is 1. The molecule has 3 heterocycles. The standard InChI is InChI=1S/C24H25N3O3/c1-17-22-20(29-14-6-12-26-16-18-7-5-11-25-15-18)9-4-10-21(22)30-24(17)23(28)19-8-2-3-13-27-19/h2-5,7-11,13,15,23,26,28H,6,12,14,16H2,1H3. The fourth-order valence-electron chi connectivity index (χ4n) is 3.45. The zero-order chi connectivity index (χ0) is 20.8. The van der Waals surface area contributed by atoms with Crippen LogP contribution in [0.25, 0.3) is 11.0 Å². The van der Waals surface area contributed by atoms with Crippen LogP contribution in [0.15, 0.2) is 71.5 Å². The Kier molecular flexibility index (Phi) is 6.37. The predicted octanol–water partition coefficient (Wildman–Crippen LogP) is 4.17. The molecule has 0 bridgehead atoms. The van der Waals surface area contributed by atoms with Gasteiger partial charge in [-0.3, -0.25) is 9.97 Å². The van der Waals surface area contributed by atoms with Gasteiger partial charge in [0.05, 0.1) is 17.7 Å². The van der Waals surface area contributed by atoms with Crippen LogP contribution in [0.4, 0.5) is 0 Å². The summed E-state index contributed by atoms with van der Waals surface area (Å²) in [6.07, 6.45) is 5.26. The van der Waals surface area contributed by atoms with E-state index in [0.29, 0.717) is 23.6 Å². The maximum atomic E-state index is 10.7. The van der Waals surface area contributed by atoms with E-state index in [9.17, 15) is 5.11 Å². The van der Waals surface area contributed by atoms with Gasteiger partial charge in [0.1, 0.15) is 17.1 Å². The fourth-order valence-corrected chi connectivity index (χ4v) is 3.45. The van der Waals surface area contributed by atoms with E-state index in [1.165, 1.54) is 0 Å². The van der Waals surface area contributed by atoms with Gasteiger partial charge in [-0.15, -0.1) is 0 Å². The fraction of sp³-hybridized carbons (Fsp3) is 0.250. The summed E-state index contributed by atoms with van der Waals surface area (Å²) in [5.74, 6) is 1.26. The quantitative estimate of drug-likeness (QED) is 0.408. The smallest absolute Gasteiger partial charge is 0.154 e. The minimum Gasteiger partial charge on any atom is -0.493 e. The second kappa shape index (κ2) is 9.52. The Hall–Kier alpha value is -3.22. The average molecular weight is 403 g/mol. The van der Waals surface area contributed by atoms with E-state index in [0.717, 1.165) is 41.8 Å². The molecule has 30 heavy (non-hydrogen) atoms. The van der Waals surface area contributed by atoms with Crippen molar-refractivity contribution in [2.24, 2.45) is 0 Å². The van der Waals surface area contributed by atoms with Crippen molar-refractivity contribution >= 4 is 11.0 Å². The molecule has 0 spiro atoms. The number of rotatable bonds is 9. The maximum Gasteiger partial charge on any atom is 0.154 e. The molecule has 0 radical (unpaired) electrons. The van der Waals surface area contributed by atoms with Crippen LogP contribution >= 0.6 is 0 Å². The molecule has 2 N–H and O–H groups in total. The van der Waals surface area contributed by atoms with Crippen LogP contribution < -0.4 is 10.1 Å². The van der Waals surface area contributed by atoms with E-state index in [2.05, 4.69) is 21.4 Å². The molecule has 1 aromatic carbocycles. The number of fused-ring (bicyclic) bond motifs is 1. The summed E-state index contributed by atoms with van der Waals surface area (Å²) in [5, 5.41) is 15.0. The molecule has 1 atom stereocenters. The van der Waals surface area contributed by atoms with E-state index in [-0.39, 0.29) is 0 Å². The van der Waals surface area contributed by atoms with Gasteiger partial charge >= 0.3 is 0 Å². The van der Waals surface area contributed by atoms with Crippen molar-refractivity contribution in [2.75, 3.05) is 13.2 Å². The van der Waals surface area contributed by atoms with E-state index in [1.54, 1.807) is 18.5 Å². The normalized spacial score (nSPS) is 12.2. The van der Waals surface area contributed by atoms with E-state index in [1.807, 2.05) is 49.5 Å². The lowest BCUT2D eigenvalue weighted by Crippen LogP contribution is -2.17. The Labute approximate surface area is 175 Å². The zero-order valence-corrected chi connectivity index (χ0v) is 16.9. The third-order valence-electron chi connectivity index (χ3n) is 4.98. The molecule has 6 heteroatoms. The van der Waals surface area contributed by atoms with Gasteiger partial charge in [-0.25, -0.2) is 0 Å². The SMILES string of the molecule is Cc1c(C(O)c2ccccn2)oc2cccc(OCCCNCc3cccnc3)c12. The van der Waals surface area contributed by atoms with Crippen molar-refractivity contribution in [1.82, 2.24) is 15.3 Å². The number of pyridine rings is 2. The molecule has 0 saturated carbocycles. The Morgan fingerprint density at radius 1 is 1.10 bits per heavy atom. The number of nitrogens with one attached hydrogen (secondary N) is 1. The predicted molar refractivity (Wildman–Crippen MR) is 115 cm³/mol. The molecule has 4 rings (SSSR count). The summed E-state index contributed by atoms with van der Waals surface area (Å²) in [5.41, 5.74) is 3.29. The topological polar surface area (TPSA) is 80.4 Å². The molecule has 0 aliphatic heterocycles. The molecule has 1 unspecified atom stereocenters. The number of ether oxygens (including phenoxy) is 1. The highest BCUT2D eigenvalue weighted by Crippen LogP contribution is 2.37. The Morgan fingerprint density at radius 3 is 2.83 bits per heavy atom. The van der Waals surface area contributed by atoms with Crippen molar-refractivity contribution < 1.29 is 14.3 Å². The van der Waals surface area contributed by atoms with E-state index in [4.69, 9.17) is 9.15 Å². The van der Waals surface area contributed by atoms with Crippen LogP contribution in [-0.2, 0) is 6.54 Å². The number of nitrogens with zero attached hydrogens (tertiary/aromatic N) is 2. The Balaban J connectivity index is 1.39. The second-order valence-corrected chi connectivity index (χ2v) is 7.12. The van der Waals surface area contributed by atoms with Crippen molar-refractivity contribution in [1.29, 1.82) is 0 Å². The Bertz CT molecular complexity index is 1080. The third kappa shape index (κ3) is 4.50. The summed E-state index contributed by atoms with van der Waals surface area (Å²) in [4.78, 5) is 8.35. The van der Waals surface area contributed by atoms with Crippen LogP contribution in [0.1, 0.15) is 35.1 Å². The molecule has 4 aromatic rings. The molecule has 154 valence electrons. The van der Waals surface area contributed by atoms with Gasteiger partial charge in [0.2, 0.25) is 0 Å². The summed E-state index contributed by atoms with van der Waals surface area (Å²) in [6, 6.07) is 15.2. The van der Waals surface area contributed by atoms with Gasteiger partial charge < -0.3 is 19.6 Å². The molecule has 0 fully saturated rings. The number of hydrogen-bond donors (Lipinski definition) is 2. The lowest BCUT2D eigenvalue weighted by molar-refractivity contribution is 0.186. The van der Waals surface area contributed by atoms with Crippen molar-refractivity contribution in [3.05, 3.63) is 89.7 Å². The highest BCUT2D eigenvalue weighted by atomic mass is 16.5. The Morgan fingerprint density at radius 2 is 2.03 bits per heavy atom. The minimum absolute atomic E-state index is 0.498. The average Bonchev–Trinajstić information content (AvgIpc) is 3.14. The number of aromatic nitrogens is 2. The molecule has 0 amide bonds. The van der Waals surface area contributed by atoms with Crippen LogP contribution in [0, 0.1) is 6.92 Å². The lowest BCUT2D eigenvalue weighted by Gasteiger charge is -2.09. The summed E-state index contributed by atoms with van der Waals surface area (Å²) < 4.78 is 12.0. The monoisotopic (exact) mass is 403 g/mol. The molecular weight excluding hydrogens is 378 g/mol. The van der Waals surface area contributed by atoms with Crippen molar-refractivity contribution in [2.45, 2.75) is 26.0 Å². The van der Waals surface area contributed by atoms with Gasteiger partial charge in [0, 0.05) is 30.7 Å². The maximum absolute atomic E-state index is 10.7. The van der Waals surface area contributed by atoms with Crippen LogP contribution in [0.5, 0.6) is 5.75 Å². The van der Waals surface area contributed by atoms with Crippen LogP contribution in [0.2, 0.25) is 0 Å². The van der Waals surface area contributed by atoms with Crippen LogP contribution in [-0.4, -0.2) is 28.2 Å². The van der Waals surface area contributed by atoms with Crippen LogP contribution in [0.3, 0.4) is 0 Å². The van der Waals surface area contributed by atoms with Gasteiger partial charge in [0.25, 0.3) is 0 Å². The zero-order valence-electron chi connectivity index (χ0n) is 16.9. The molecule has 0 saturated heterocycles. The molecular formula is C24H25N3O3. The number of aliphatic hydroxyl groups excluding tert-OH is 1. The summed E-state index contributed by atoms with van der Waals surface area (Å²) in [7, 11) is 0. The second-order valence-electron chi connectivity index (χ2n) is 7.12. The molecule has 6 nitrogen and oxygen atoms in total. The third-order valence-corrected chi connectivity index (χ3v) is 4.98. The highest BCUT2D eigenvalue weighted by Gasteiger charge is 2.22. The highest BCUT2D eigenvalue weighted by molar-refractivity contribution is 5.88. The number of benzene rings is 1. The van der Waals surface area contributed by atoms with E-state index >= 15 is 0 Å². The van der Waals surface area contributed by atoms with Crippen molar-refractivity contribution in [3.8, 4) is 5.75 Å². The first-order chi connectivity index (χ1) is 14.7.